The molecule has 0 unspecified atom stereocenters. The first kappa shape index (κ1) is 14.2. The number of rotatable bonds is 4. The number of benzene rings is 1. The molecule has 2 rings (SSSR count). The Morgan fingerprint density at radius 1 is 1.16 bits per heavy atom. The quantitative estimate of drug-likeness (QED) is 0.885. The predicted octanol–water partition coefficient (Wildman–Crippen LogP) is 4.43. The molecular formula is C13H10BrClF2N2. The smallest absolute Gasteiger partial charge is 0.140 e. The van der Waals surface area contributed by atoms with Crippen LogP contribution in [0.25, 0.3) is 0 Å². The summed E-state index contributed by atoms with van der Waals surface area (Å²) in [6.07, 6.45) is 2.02. The van der Waals surface area contributed by atoms with Gasteiger partial charge < -0.3 is 5.32 Å². The first-order valence-corrected chi connectivity index (χ1v) is 6.71. The molecule has 0 aliphatic carbocycles. The number of nitrogens with one attached hydrogen (secondary N) is 1. The second-order valence-corrected chi connectivity index (χ2v) is 5.23. The molecule has 1 aromatic heterocycles. The molecule has 0 amide bonds. The maximum atomic E-state index is 13.0. The molecule has 2 nitrogen and oxygen atoms in total. The highest BCUT2D eigenvalue weighted by molar-refractivity contribution is 9.10. The Morgan fingerprint density at radius 3 is 2.47 bits per heavy atom. The topological polar surface area (TPSA) is 24.9 Å². The molecule has 0 bridgehead atoms. The Labute approximate surface area is 122 Å². The van der Waals surface area contributed by atoms with Crippen LogP contribution in [0.1, 0.15) is 5.56 Å². The summed E-state index contributed by atoms with van der Waals surface area (Å²) in [4.78, 5) is 4.11. The highest BCUT2D eigenvalue weighted by Gasteiger charge is 2.03. The van der Waals surface area contributed by atoms with E-state index in [-0.39, 0.29) is 0 Å². The lowest BCUT2D eigenvalue weighted by atomic mass is 10.1. The Bertz CT molecular complexity index is 573. The molecule has 19 heavy (non-hydrogen) atoms. The van der Waals surface area contributed by atoms with Crippen LogP contribution in [-0.2, 0) is 6.42 Å². The van der Waals surface area contributed by atoms with Crippen molar-refractivity contribution in [1.82, 2.24) is 4.98 Å². The van der Waals surface area contributed by atoms with Crippen molar-refractivity contribution in [2.45, 2.75) is 6.42 Å². The van der Waals surface area contributed by atoms with E-state index in [9.17, 15) is 8.78 Å². The Morgan fingerprint density at radius 2 is 1.84 bits per heavy atom. The van der Waals surface area contributed by atoms with Crippen LogP contribution in [0.15, 0.2) is 34.9 Å². The zero-order valence-corrected chi connectivity index (χ0v) is 12.1. The summed E-state index contributed by atoms with van der Waals surface area (Å²) >= 11 is 9.11. The largest absolute Gasteiger partial charge is 0.369 e. The second-order valence-electron chi connectivity index (χ2n) is 3.94. The average Bonchev–Trinajstić information content (AvgIpc) is 2.30. The van der Waals surface area contributed by atoms with Gasteiger partial charge in [-0.15, -0.1) is 0 Å². The van der Waals surface area contributed by atoms with Crippen LogP contribution in [0.2, 0.25) is 5.02 Å². The second kappa shape index (κ2) is 6.30. The fourth-order valence-electron chi connectivity index (χ4n) is 1.63. The van der Waals surface area contributed by atoms with Gasteiger partial charge in [0.1, 0.15) is 17.5 Å². The molecule has 2 aromatic rings. The van der Waals surface area contributed by atoms with Crippen LogP contribution in [0.5, 0.6) is 0 Å². The molecule has 6 heteroatoms. The van der Waals surface area contributed by atoms with E-state index < -0.39 is 11.6 Å². The minimum atomic E-state index is -0.569. The van der Waals surface area contributed by atoms with E-state index >= 15 is 0 Å². The van der Waals surface area contributed by atoms with Gasteiger partial charge in [-0.3, -0.25) is 0 Å². The summed E-state index contributed by atoms with van der Waals surface area (Å²) in [5, 5.41) is 3.60. The summed E-state index contributed by atoms with van der Waals surface area (Å²) in [5.41, 5.74) is 0.593. The van der Waals surface area contributed by atoms with Crippen molar-refractivity contribution in [2.75, 3.05) is 11.9 Å². The molecule has 1 aromatic carbocycles. The van der Waals surface area contributed by atoms with Gasteiger partial charge in [0.05, 0.1) is 9.50 Å². The number of aromatic nitrogens is 1. The molecule has 0 saturated heterocycles. The van der Waals surface area contributed by atoms with Gasteiger partial charge >= 0.3 is 0 Å². The van der Waals surface area contributed by atoms with Gasteiger partial charge in [0, 0.05) is 18.8 Å². The maximum Gasteiger partial charge on any atom is 0.140 e. The first-order chi connectivity index (χ1) is 9.04. The number of pyridine rings is 1. The van der Waals surface area contributed by atoms with Gasteiger partial charge in [-0.2, -0.15) is 0 Å². The third kappa shape index (κ3) is 4.14. The van der Waals surface area contributed by atoms with E-state index in [0.717, 1.165) is 10.5 Å². The van der Waals surface area contributed by atoms with Crippen molar-refractivity contribution in [1.29, 1.82) is 0 Å². The fraction of sp³-hybridized carbons (Fsp3) is 0.154. The number of nitrogens with zero attached hydrogens (tertiary/aromatic N) is 1. The molecular weight excluding hydrogens is 338 g/mol. The standard InChI is InChI=1S/C13H10BrClF2N2/c14-12-5-9(15)7-19-13(12)18-2-1-8-3-10(16)6-11(17)4-8/h3-7H,1-2H2,(H,18,19). The molecule has 0 saturated carbocycles. The van der Waals surface area contributed by atoms with Crippen molar-refractivity contribution in [3.05, 3.63) is 57.2 Å². The minimum Gasteiger partial charge on any atom is -0.369 e. The van der Waals surface area contributed by atoms with Crippen LogP contribution < -0.4 is 5.32 Å². The van der Waals surface area contributed by atoms with Crippen molar-refractivity contribution < 1.29 is 8.78 Å². The van der Waals surface area contributed by atoms with E-state index in [4.69, 9.17) is 11.6 Å². The number of anilines is 1. The van der Waals surface area contributed by atoms with Crippen LogP contribution in [0, 0.1) is 11.6 Å². The monoisotopic (exact) mass is 346 g/mol. The zero-order chi connectivity index (χ0) is 13.8. The molecule has 0 atom stereocenters. The highest BCUT2D eigenvalue weighted by atomic mass is 79.9. The third-order valence-corrected chi connectivity index (χ3v) is 3.25. The van der Waals surface area contributed by atoms with Gasteiger partial charge in [-0.1, -0.05) is 11.6 Å². The van der Waals surface area contributed by atoms with Gasteiger partial charge in [0.25, 0.3) is 0 Å². The van der Waals surface area contributed by atoms with Crippen LogP contribution in [0.3, 0.4) is 0 Å². The van der Waals surface area contributed by atoms with E-state index in [1.165, 1.54) is 18.3 Å². The zero-order valence-electron chi connectivity index (χ0n) is 9.76. The minimum absolute atomic E-state index is 0.491. The normalized spacial score (nSPS) is 10.5. The Balaban J connectivity index is 1.96. The first-order valence-electron chi connectivity index (χ1n) is 5.54. The van der Waals surface area contributed by atoms with E-state index in [2.05, 4.69) is 26.2 Å². The van der Waals surface area contributed by atoms with Gasteiger partial charge in [-0.25, -0.2) is 13.8 Å². The molecule has 1 N–H and O–H groups in total. The maximum absolute atomic E-state index is 13.0. The molecule has 0 radical (unpaired) electrons. The predicted molar refractivity (Wildman–Crippen MR) is 75.5 cm³/mol. The lowest BCUT2D eigenvalue weighted by Gasteiger charge is -2.08. The fourth-order valence-corrected chi connectivity index (χ4v) is 2.40. The molecule has 0 aliphatic heterocycles. The molecule has 1 heterocycles. The summed E-state index contributed by atoms with van der Waals surface area (Å²) in [5.74, 6) is -0.497. The Hall–Kier alpha value is -1.20. The van der Waals surface area contributed by atoms with Crippen molar-refractivity contribution in [3.8, 4) is 0 Å². The number of halogens is 4. The number of hydrogen-bond donors (Lipinski definition) is 1. The number of hydrogen-bond acceptors (Lipinski definition) is 2. The lowest BCUT2D eigenvalue weighted by molar-refractivity contribution is 0.580. The Kier molecular flexibility index (Phi) is 4.71. The van der Waals surface area contributed by atoms with Crippen LogP contribution in [0.4, 0.5) is 14.6 Å². The summed E-state index contributed by atoms with van der Waals surface area (Å²) in [7, 11) is 0. The summed E-state index contributed by atoms with van der Waals surface area (Å²) in [6.45, 7) is 0.510. The van der Waals surface area contributed by atoms with Gasteiger partial charge in [0.15, 0.2) is 0 Å². The SMILES string of the molecule is Fc1cc(F)cc(CCNc2ncc(Cl)cc2Br)c1. The van der Waals surface area contributed by atoms with E-state index in [1.807, 2.05) is 0 Å². The van der Waals surface area contributed by atoms with Crippen LogP contribution >= 0.6 is 27.5 Å². The van der Waals surface area contributed by atoms with E-state index in [0.29, 0.717) is 29.4 Å². The lowest BCUT2D eigenvalue weighted by Crippen LogP contribution is -2.07. The molecule has 0 spiro atoms. The van der Waals surface area contributed by atoms with E-state index in [1.54, 1.807) is 6.07 Å². The van der Waals surface area contributed by atoms with Crippen molar-refractivity contribution in [3.63, 3.8) is 0 Å². The van der Waals surface area contributed by atoms with Crippen LogP contribution in [-0.4, -0.2) is 11.5 Å². The third-order valence-electron chi connectivity index (χ3n) is 2.44. The average molecular weight is 348 g/mol. The van der Waals surface area contributed by atoms with Crippen molar-refractivity contribution >= 4 is 33.3 Å². The highest BCUT2D eigenvalue weighted by Crippen LogP contribution is 2.23. The molecule has 0 fully saturated rings. The van der Waals surface area contributed by atoms with Gasteiger partial charge in [-0.05, 0) is 46.1 Å². The molecule has 0 aliphatic rings. The van der Waals surface area contributed by atoms with Gasteiger partial charge in [0.2, 0.25) is 0 Å². The summed E-state index contributed by atoms with van der Waals surface area (Å²) in [6, 6.07) is 5.21. The van der Waals surface area contributed by atoms with Crippen molar-refractivity contribution in [2.24, 2.45) is 0 Å². The molecule has 100 valence electrons. The summed E-state index contributed by atoms with van der Waals surface area (Å²) < 4.78 is 26.7.